The monoisotopic (exact) mass is 279 g/mol. The highest BCUT2D eigenvalue weighted by atomic mass is 32.2. The molecule has 0 aromatic carbocycles. The summed E-state index contributed by atoms with van der Waals surface area (Å²) in [5.41, 5.74) is 0. The lowest BCUT2D eigenvalue weighted by Crippen LogP contribution is -2.08. The largest absolute Gasteiger partial charge is 0.277 e. The molecule has 94 valence electrons. The number of hydrogen-bond donors (Lipinski definition) is 0. The summed E-state index contributed by atoms with van der Waals surface area (Å²) in [6.45, 7) is 2.06. The maximum Gasteiger partial charge on any atom is 0.277 e. The number of nitrogens with zero attached hydrogens (tertiary/aromatic N) is 1. The number of unbranched alkanes of at least 4 members (excludes halogenated alkanes) is 1. The van der Waals surface area contributed by atoms with Crippen LogP contribution in [0.4, 0.5) is 0 Å². The van der Waals surface area contributed by atoms with Crippen molar-refractivity contribution < 1.29 is 8.42 Å². The fourth-order valence-corrected chi connectivity index (χ4v) is 3.85. The summed E-state index contributed by atoms with van der Waals surface area (Å²) in [6.07, 6.45) is 4.89. The highest BCUT2D eigenvalue weighted by Crippen LogP contribution is 2.23. The van der Waals surface area contributed by atoms with Gasteiger partial charge in [0, 0.05) is 18.8 Å². The van der Waals surface area contributed by atoms with Gasteiger partial charge in [0.1, 0.15) is 4.21 Å². The second-order valence-corrected chi connectivity index (χ2v) is 6.84. The van der Waals surface area contributed by atoms with Crippen molar-refractivity contribution in [3.63, 3.8) is 0 Å². The third kappa shape index (κ3) is 2.66. The molecule has 2 aromatic rings. The van der Waals surface area contributed by atoms with Gasteiger partial charge in [-0.2, -0.15) is 8.42 Å². The molecule has 3 nitrogen and oxygen atoms in total. The van der Waals surface area contributed by atoms with E-state index in [-0.39, 0.29) is 0 Å². The third-order valence-electron chi connectivity index (χ3n) is 2.28. The molecule has 0 aliphatic heterocycles. The Morgan fingerprint density at radius 1 is 1.28 bits per heavy atom. The summed E-state index contributed by atoms with van der Waals surface area (Å²) < 4.78 is 25.9. The van der Waals surface area contributed by atoms with Gasteiger partial charge in [0.05, 0.1) is 4.88 Å². The molecule has 2 rings (SSSR count). The van der Waals surface area contributed by atoms with Gasteiger partial charge in [-0.15, -0.1) is 11.3 Å². The van der Waals surface area contributed by atoms with Crippen LogP contribution in [0.1, 0.15) is 24.6 Å². The van der Waals surface area contributed by atoms with E-state index in [0.717, 1.165) is 17.7 Å². The lowest BCUT2D eigenvalue weighted by molar-refractivity contribution is 0.589. The molecule has 5 heteroatoms. The molecule has 2 heterocycles. The zero-order chi connectivity index (χ0) is 13.0. The molecule has 0 saturated carbocycles. The molecule has 0 aliphatic rings. The second kappa shape index (κ2) is 5.42. The van der Waals surface area contributed by atoms with Crippen LogP contribution in [0.3, 0.4) is 0 Å². The van der Waals surface area contributed by atoms with Crippen molar-refractivity contribution >= 4 is 21.4 Å². The molecular formula is C13H13NO2S2. The quantitative estimate of drug-likeness (QED) is 0.810. The van der Waals surface area contributed by atoms with Gasteiger partial charge >= 0.3 is 0 Å². The minimum Gasteiger partial charge on any atom is -0.248 e. The normalized spacial score (nSPS) is 10.9. The van der Waals surface area contributed by atoms with E-state index in [1.54, 1.807) is 24.3 Å². The Kier molecular flexibility index (Phi) is 3.90. The Morgan fingerprint density at radius 2 is 2.00 bits per heavy atom. The van der Waals surface area contributed by atoms with Gasteiger partial charge in [-0.1, -0.05) is 18.8 Å². The summed E-state index contributed by atoms with van der Waals surface area (Å²) in [6, 6.07) is 6.74. The molecule has 0 unspecified atom stereocenters. The van der Waals surface area contributed by atoms with Crippen molar-refractivity contribution in [3.8, 4) is 11.8 Å². The van der Waals surface area contributed by atoms with Crippen LogP contribution >= 0.6 is 11.3 Å². The van der Waals surface area contributed by atoms with Crippen molar-refractivity contribution in [2.45, 2.75) is 24.0 Å². The molecule has 2 aromatic heterocycles. The van der Waals surface area contributed by atoms with Crippen LogP contribution in [0.25, 0.3) is 0 Å². The minimum absolute atomic E-state index is 0.319. The first-order valence-electron chi connectivity index (χ1n) is 5.62. The topological polar surface area (TPSA) is 39.1 Å². The van der Waals surface area contributed by atoms with Crippen molar-refractivity contribution in [3.05, 3.63) is 41.5 Å². The van der Waals surface area contributed by atoms with Crippen molar-refractivity contribution in [2.24, 2.45) is 0 Å². The summed E-state index contributed by atoms with van der Waals surface area (Å²) in [5, 5.41) is 0. The molecular weight excluding hydrogens is 266 g/mol. The molecule has 0 atom stereocenters. The van der Waals surface area contributed by atoms with E-state index in [9.17, 15) is 8.42 Å². The van der Waals surface area contributed by atoms with Crippen LogP contribution in [0, 0.1) is 11.8 Å². The number of thiophene rings is 1. The summed E-state index contributed by atoms with van der Waals surface area (Å²) in [5.74, 6) is 5.99. The Bertz CT molecular complexity index is 670. The molecule has 0 spiro atoms. The molecule has 0 aliphatic carbocycles. The number of rotatable bonds is 3. The fraction of sp³-hybridized carbons (Fsp3) is 0.231. The predicted molar refractivity (Wildman–Crippen MR) is 73.1 cm³/mol. The molecule has 0 amide bonds. The lowest BCUT2D eigenvalue weighted by Gasteiger charge is -2.01. The zero-order valence-corrected chi connectivity index (χ0v) is 11.6. The van der Waals surface area contributed by atoms with E-state index in [1.165, 1.54) is 27.7 Å². The van der Waals surface area contributed by atoms with Gasteiger partial charge in [-0.05, 0) is 30.7 Å². The van der Waals surface area contributed by atoms with Crippen LogP contribution in [-0.2, 0) is 10.0 Å². The van der Waals surface area contributed by atoms with Gasteiger partial charge in [0.2, 0.25) is 0 Å². The first kappa shape index (κ1) is 12.9. The summed E-state index contributed by atoms with van der Waals surface area (Å²) >= 11 is 1.21. The van der Waals surface area contributed by atoms with Crippen LogP contribution in [0.5, 0.6) is 0 Å². The summed E-state index contributed by atoms with van der Waals surface area (Å²) in [4.78, 5) is 0.786. The fourth-order valence-electron chi connectivity index (χ4n) is 1.38. The van der Waals surface area contributed by atoms with E-state index >= 15 is 0 Å². The molecule has 0 fully saturated rings. The minimum atomic E-state index is -3.44. The Morgan fingerprint density at radius 3 is 2.67 bits per heavy atom. The van der Waals surface area contributed by atoms with Gasteiger partial charge < -0.3 is 0 Å². The van der Waals surface area contributed by atoms with E-state index in [1.807, 2.05) is 0 Å². The van der Waals surface area contributed by atoms with Crippen LogP contribution < -0.4 is 0 Å². The molecule has 0 radical (unpaired) electrons. The van der Waals surface area contributed by atoms with E-state index < -0.39 is 10.0 Å². The van der Waals surface area contributed by atoms with E-state index in [2.05, 4.69) is 18.8 Å². The van der Waals surface area contributed by atoms with E-state index in [4.69, 9.17) is 0 Å². The van der Waals surface area contributed by atoms with Crippen LogP contribution in [0.2, 0.25) is 0 Å². The van der Waals surface area contributed by atoms with Crippen LogP contribution in [-0.4, -0.2) is 12.4 Å². The smallest absolute Gasteiger partial charge is 0.248 e. The van der Waals surface area contributed by atoms with Crippen molar-refractivity contribution in [1.29, 1.82) is 0 Å². The first-order valence-corrected chi connectivity index (χ1v) is 7.87. The maximum absolute atomic E-state index is 12.2. The highest BCUT2D eigenvalue weighted by Gasteiger charge is 2.17. The first-order chi connectivity index (χ1) is 8.64. The Hall–Kier alpha value is -1.51. The number of aromatic nitrogens is 1. The second-order valence-electron chi connectivity index (χ2n) is 3.69. The standard InChI is InChI=1S/C13H13NO2S2/c1-2-3-4-7-12-8-9-13(17-12)18(15,16)14-10-5-6-11-14/h5-6,8-11H,2-3H2,1H3. The molecule has 0 saturated heterocycles. The van der Waals surface area contributed by atoms with Crippen molar-refractivity contribution in [2.75, 3.05) is 0 Å². The van der Waals surface area contributed by atoms with Crippen molar-refractivity contribution in [1.82, 2.24) is 3.97 Å². The van der Waals surface area contributed by atoms with Gasteiger partial charge in [-0.25, -0.2) is 3.97 Å². The van der Waals surface area contributed by atoms with Gasteiger partial charge in [0.25, 0.3) is 10.0 Å². The Balaban J connectivity index is 2.29. The summed E-state index contributed by atoms with van der Waals surface area (Å²) in [7, 11) is -3.44. The van der Waals surface area contributed by atoms with Gasteiger partial charge in [0.15, 0.2) is 0 Å². The van der Waals surface area contributed by atoms with Gasteiger partial charge in [-0.3, -0.25) is 0 Å². The van der Waals surface area contributed by atoms with E-state index in [0.29, 0.717) is 4.21 Å². The average molecular weight is 279 g/mol. The maximum atomic E-state index is 12.2. The molecule has 0 bridgehead atoms. The SMILES string of the molecule is CCCC#Cc1ccc(S(=O)(=O)n2cccc2)s1. The van der Waals surface area contributed by atoms with Crippen LogP contribution in [0.15, 0.2) is 40.9 Å². The number of hydrogen-bond acceptors (Lipinski definition) is 3. The molecule has 18 heavy (non-hydrogen) atoms. The zero-order valence-electron chi connectivity index (χ0n) is 9.96. The third-order valence-corrected chi connectivity index (χ3v) is 5.40. The predicted octanol–water partition coefficient (Wildman–Crippen LogP) is 2.94. The lowest BCUT2D eigenvalue weighted by atomic mass is 10.3. The average Bonchev–Trinajstić information content (AvgIpc) is 3.01. The highest BCUT2D eigenvalue weighted by molar-refractivity contribution is 7.92. The molecule has 0 N–H and O–H groups in total. The Labute approximate surface area is 111 Å².